The fraction of sp³-hybridized carbons (Fsp3) is 0.588. The lowest BCUT2D eigenvalue weighted by atomic mass is 9.92. The van der Waals surface area contributed by atoms with Crippen LogP contribution in [-0.2, 0) is 0 Å². The molecule has 1 heterocycles. The molecule has 1 fully saturated rings. The molecule has 1 atom stereocenters. The fourth-order valence-electron chi connectivity index (χ4n) is 3.14. The summed E-state index contributed by atoms with van der Waals surface area (Å²) in [5.41, 5.74) is 4.22. The first-order chi connectivity index (χ1) is 9.13. The van der Waals surface area contributed by atoms with Gasteiger partial charge in [-0.05, 0) is 42.7 Å². The first-order valence-electron chi connectivity index (χ1n) is 7.35. The zero-order valence-electron chi connectivity index (χ0n) is 12.3. The van der Waals surface area contributed by atoms with Crippen LogP contribution in [0.5, 0.6) is 0 Å². The molecule has 0 aromatic heterocycles. The number of hydrogen-bond donors (Lipinski definition) is 0. The van der Waals surface area contributed by atoms with Gasteiger partial charge in [0.15, 0.2) is 0 Å². The van der Waals surface area contributed by atoms with Gasteiger partial charge in [0, 0.05) is 25.2 Å². The number of rotatable bonds is 3. The van der Waals surface area contributed by atoms with Crippen molar-refractivity contribution >= 4 is 5.69 Å². The van der Waals surface area contributed by atoms with Crippen LogP contribution >= 0.6 is 0 Å². The van der Waals surface area contributed by atoms with Crippen LogP contribution < -0.4 is 4.90 Å². The van der Waals surface area contributed by atoms with Crippen molar-refractivity contribution in [3.8, 4) is 6.07 Å². The van der Waals surface area contributed by atoms with Gasteiger partial charge in [-0.25, -0.2) is 0 Å². The first kappa shape index (κ1) is 13.9. The van der Waals surface area contributed by atoms with E-state index in [1.54, 1.807) is 0 Å². The molecule has 1 saturated heterocycles. The lowest BCUT2D eigenvalue weighted by Crippen LogP contribution is -2.36. The summed E-state index contributed by atoms with van der Waals surface area (Å²) < 4.78 is 0. The number of para-hydroxylation sites is 1. The van der Waals surface area contributed by atoms with Crippen molar-refractivity contribution in [3.05, 3.63) is 29.3 Å². The predicted octanol–water partition coefficient (Wildman–Crippen LogP) is 4.25. The molecular weight excluding hydrogens is 232 g/mol. The molecule has 0 bridgehead atoms. The number of benzene rings is 1. The Labute approximate surface area is 117 Å². The molecule has 0 saturated carbocycles. The molecule has 2 heteroatoms. The second-order valence-corrected chi connectivity index (χ2v) is 5.98. The maximum atomic E-state index is 8.90. The summed E-state index contributed by atoms with van der Waals surface area (Å²) in [6.45, 7) is 8.89. The van der Waals surface area contributed by atoms with Crippen LogP contribution in [-0.4, -0.2) is 13.1 Å². The van der Waals surface area contributed by atoms with E-state index in [9.17, 15) is 0 Å². The van der Waals surface area contributed by atoms with E-state index < -0.39 is 0 Å². The van der Waals surface area contributed by atoms with Crippen LogP contribution in [0.2, 0.25) is 0 Å². The lowest BCUT2D eigenvalue weighted by molar-refractivity contribution is 0.421. The smallest absolute Gasteiger partial charge is 0.0625 e. The molecular formula is C17H24N2. The van der Waals surface area contributed by atoms with Gasteiger partial charge in [-0.3, -0.25) is 0 Å². The highest BCUT2D eigenvalue weighted by molar-refractivity contribution is 5.60. The molecule has 2 nitrogen and oxygen atoms in total. The number of nitriles is 1. The number of aryl methyl sites for hydroxylation is 1. The van der Waals surface area contributed by atoms with Gasteiger partial charge in [-0.15, -0.1) is 0 Å². The van der Waals surface area contributed by atoms with Crippen molar-refractivity contribution in [2.24, 2.45) is 5.92 Å². The van der Waals surface area contributed by atoms with E-state index in [0.29, 0.717) is 18.3 Å². The number of piperidine rings is 1. The van der Waals surface area contributed by atoms with Gasteiger partial charge in [-0.1, -0.05) is 32.0 Å². The van der Waals surface area contributed by atoms with Crippen LogP contribution in [0.15, 0.2) is 18.2 Å². The minimum Gasteiger partial charge on any atom is -0.371 e. The second kappa shape index (κ2) is 6.10. The highest BCUT2D eigenvalue weighted by atomic mass is 15.1. The van der Waals surface area contributed by atoms with Crippen LogP contribution in [0.1, 0.15) is 50.2 Å². The van der Waals surface area contributed by atoms with Crippen LogP contribution in [0.4, 0.5) is 5.69 Å². The van der Waals surface area contributed by atoms with Crippen LogP contribution in [0.25, 0.3) is 0 Å². The average molecular weight is 256 g/mol. The van der Waals surface area contributed by atoms with Crippen molar-refractivity contribution < 1.29 is 0 Å². The first-order valence-corrected chi connectivity index (χ1v) is 7.35. The van der Waals surface area contributed by atoms with Gasteiger partial charge >= 0.3 is 0 Å². The molecule has 1 aliphatic heterocycles. The van der Waals surface area contributed by atoms with E-state index in [4.69, 9.17) is 5.26 Å². The summed E-state index contributed by atoms with van der Waals surface area (Å²) in [4.78, 5) is 2.51. The summed E-state index contributed by atoms with van der Waals surface area (Å²) in [6, 6.07) is 8.95. The van der Waals surface area contributed by atoms with Gasteiger partial charge in [-0.2, -0.15) is 5.26 Å². The van der Waals surface area contributed by atoms with Gasteiger partial charge in [0.2, 0.25) is 0 Å². The third kappa shape index (κ3) is 3.10. The molecule has 0 radical (unpaired) electrons. The molecule has 0 N–H and O–H groups in total. The van der Waals surface area contributed by atoms with E-state index in [2.05, 4.69) is 49.9 Å². The predicted molar refractivity (Wildman–Crippen MR) is 80.4 cm³/mol. The SMILES string of the molecule is Cc1cccc(C(C)C)c1N1CCCC(CC#N)C1. The summed E-state index contributed by atoms with van der Waals surface area (Å²) in [5, 5.41) is 8.90. The standard InChI is InChI=1S/C17H24N2/c1-13(2)16-8-4-6-14(3)17(16)19-11-5-7-15(12-19)9-10-18/h4,6,8,13,15H,5,7,9,11-12H2,1-3H3. The number of hydrogen-bond acceptors (Lipinski definition) is 2. The Bertz CT molecular complexity index is 471. The van der Waals surface area contributed by atoms with Gasteiger partial charge in [0.05, 0.1) is 6.07 Å². The summed E-state index contributed by atoms with van der Waals surface area (Å²) >= 11 is 0. The van der Waals surface area contributed by atoms with Crippen molar-refractivity contribution in [1.29, 1.82) is 5.26 Å². The maximum absolute atomic E-state index is 8.90. The van der Waals surface area contributed by atoms with Gasteiger partial charge in [0.1, 0.15) is 0 Å². The molecule has 19 heavy (non-hydrogen) atoms. The highest BCUT2D eigenvalue weighted by Crippen LogP contribution is 2.34. The highest BCUT2D eigenvalue weighted by Gasteiger charge is 2.23. The van der Waals surface area contributed by atoms with E-state index in [0.717, 1.165) is 13.1 Å². The Morgan fingerprint density at radius 2 is 2.21 bits per heavy atom. The second-order valence-electron chi connectivity index (χ2n) is 5.98. The summed E-state index contributed by atoms with van der Waals surface area (Å²) in [5.74, 6) is 1.09. The molecule has 102 valence electrons. The molecule has 0 aliphatic carbocycles. The molecule has 0 amide bonds. The number of anilines is 1. The molecule has 2 rings (SSSR count). The molecule has 1 aliphatic rings. The number of nitrogens with zero attached hydrogens (tertiary/aromatic N) is 2. The fourth-order valence-corrected chi connectivity index (χ4v) is 3.14. The van der Waals surface area contributed by atoms with E-state index >= 15 is 0 Å². The van der Waals surface area contributed by atoms with E-state index in [1.807, 2.05) is 0 Å². The minimum absolute atomic E-state index is 0.540. The Kier molecular flexibility index (Phi) is 4.47. The maximum Gasteiger partial charge on any atom is 0.0625 e. The Hall–Kier alpha value is -1.49. The zero-order valence-corrected chi connectivity index (χ0v) is 12.3. The Balaban J connectivity index is 2.28. The quantitative estimate of drug-likeness (QED) is 0.808. The average Bonchev–Trinajstić information content (AvgIpc) is 2.39. The van der Waals surface area contributed by atoms with Crippen molar-refractivity contribution in [2.75, 3.05) is 18.0 Å². The van der Waals surface area contributed by atoms with Crippen LogP contribution in [0, 0.1) is 24.2 Å². The van der Waals surface area contributed by atoms with E-state index in [1.165, 1.54) is 29.7 Å². The largest absolute Gasteiger partial charge is 0.371 e. The van der Waals surface area contributed by atoms with Crippen molar-refractivity contribution in [2.45, 2.75) is 46.0 Å². The zero-order chi connectivity index (χ0) is 13.8. The minimum atomic E-state index is 0.540. The molecule has 1 aromatic rings. The van der Waals surface area contributed by atoms with Gasteiger partial charge < -0.3 is 4.90 Å². The van der Waals surface area contributed by atoms with Crippen molar-refractivity contribution in [1.82, 2.24) is 0 Å². The van der Waals surface area contributed by atoms with Crippen molar-refractivity contribution in [3.63, 3.8) is 0 Å². The summed E-state index contributed by atoms with van der Waals surface area (Å²) in [7, 11) is 0. The van der Waals surface area contributed by atoms with E-state index in [-0.39, 0.29) is 0 Å². The topological polar surface area (TPSA) is 27.0 Å². The normalized spacial score (nSPS) is 19.5. The third-order valence-electron chi connectivity index (χ3n) is 4.11. The summed E-state index contributed by atoms with van der Waals surface area (Å²) in [6.07, 6.45) is 3.10. The lowest BCUT2D eigenvalue weighted by Gasteiger charge is -2.36. The molecule has 1 aromatic carbocycles. The van der Waals surface area contributed by atoms with Gasteiger partial charge in [0.25, 0.3) is 0 Å². The monoisotopic (exact) mass is 256 g/mol. The third-order valence-corrected chi connectivity index (χ3v) is 4.11. The Morgan fingerprint density at radius 1 is 1.42 bits per heavy atom. The molecule has 0 spiro atoms. The molecule has 1 unspecified atom stereocenters. The van der Waals surface area contributed by atoms with Crippen LogP contribution in [0.3, 0.4) is 0 Å². The Morgan fingerprint density at radius 3 is 2.89 bits per heavy atom.